The van der Waals surface area contributed by atoms with E-state index in [2.05, 4.69) is 17.5 Å². The van der Waals surface area contributed by atoms with Gasteiger partial charge in [0, 0.05) is 22.3 Å². The molecular weight excluding hydrogens is 334 g/mol. The maximum Gasteiger partial charge on any atom is 0.332 e. The molecule has 1 N–H and O–H groups in total. The minimum atomic E-state index is -1.05. The summed E-state index contributed by atoms with van der Waals surface area (Å²) in [5, 5.41) is 5.08. The summed E-state index contributed by atoms with van der Waals surface area (Å²) < 4.78 is 5.17. The quantitative estimate of drug-likeness (QED) is 0.677. The third-order valence-corrected chi connectivity index (χ3v) is 6.30. The number of ether oxygens (including phenoxy) is 1. The van der Waals surface area contributed by atoms with E-state index in [-0.39, 0.29) is 29.6 Å². The zero-order chi connectivity index (χ0) is 17.4. The molecule has 2 aromatic rings. The third-order valence-electron chi connectivity index (χ3n) is 5.35. The second-order valence-electron chi connectivity index (χ2n) is 6.56. The second-order valence-corrected chi connectivity index (χ2v) is 7.54. The minimum absolute atomic E-state index is 0.0512. The van der Waals surface area contributed by atoms with Crippen molar-refractivity contribution in [1.82, 2.24) is 5.32 Å². The van der Waals surface area contributed by atoms with Crippen LogP contribution in [0, 0.1) is 11.8 Å². The van der Waals surface area contributed by atoms with Crippen molar-refractivity contribution < 1.29 is 14.3 Å². The predicted octanol–water partition coefficient (Wildman–Crippen LogP) is 3.38. The molecule has 0 unspecified atom stereocenters. The molecule has 0 saturated heterocycles. The van der Waals surface area contributed by atoms with Gasteiger partial charge in [-0.2, -0.15) is 0 Å². The highest BCUT2D eigenvalue weighted by molar-refractivity contribution is 7.10. The molecule has 1 aromatic carbocycles. The largest absolute Gasteiger partial charge is 0.467 e. The van der Waals surface area contributed by atoms with Crippen molar-refractivity contribution in [2.24, 2.45) is 11.8 Å². The summed E-state index contributed by atoms with van der Waals surface area (Å²) in [5.74, 6) is -0.522. The Morgan fingerprint density at radius 2 is 1.96 bits per heavy atom. The molecule has 1 aromatic heterocycles. The van der Waals surface area contributed by atoms with Crippen LogP contribution in [0.5, 0.6) is 0 Å². The van der Waals surface area contributed by atoms with Crippen molar-refractivity contribution in [3.63, 3.8) is 0 Å². The minimum Gasteiger partial charge on any atom is -0.467 e. The topological polar surface area (TPSA) is 55.4 Å². The molecule has 4 rings (SSSR count). The second kappa shape index (κ2) is 6.15. The first-order chi connectivity index (χ1) is 12.2. The molecule has 1 heterocycles. The number of carbonyl (C=O) groups excluding carboxylic acids is 2. The van der Waals surface area contributed by atoms with E-state index in [4.69, 9.17) is 4.74 Å². The van der Waals surface area contributed by atoms with Gasteiger partial charge in [-0.25, -0.2) is 4.79 Å². The Balaban J connectivity index is 1.78. The fourth-order valence-corrected chi connectivity index (χ4v) is 5.28. The Morgan fingerprint density at radius 1 is 1.16 bits per heavy atom. The van der Waals surface area contributed by atoms with Crippen molar-refractivity contribution in [2.45, 2.75) is 17.9 Å². The van der Waals surface area contributed by atoms with Gasteiger partial charge in [0.1, 0.15) is 0 Å². The van der Waals surface area contributed by atoms with Crippen molar-refractivity contribution in [3.05, 3.63) is 70.4 Å². The summed E-state index contributed by atoms with van der Waals surface area (Å²) in [7, 11) is 1.39. The zero-order valence-corrected chi connectivity index (χ0v) is 14.7. The van der Waals surface area contributed by atoms with Crippen LogP contribution >= 0.6 is 11.3 Å². The molecular formula is C20H19NO3S. The van der Waals surface area contributed by atoms with Gasteiger partial charge in [-0.15, -0.1) is 11.3 Å². The first-order valence-corrected chi connectivity index (χ1v) is 9.22. The SMILES string of the molecule is COC(=O)[C@@]1(NC(=O)c2ccccc2)[C@H](c2cccs2)[C@@H]2C=C[C@H]1C2. The molecule has 0 spiro atoms. The molecule has 2 aliphatic carbocycles. The number of nitrogens with one attached hydrogen (secondary N) is 1. The Hall–Kier alpha value is -2.40. The fraction of sp³-hybridized carbons (Fsp3) is 0.300. The lowest BCUT2D eigenvalue weighted by molar-refractivity contribution is -0.150. The number of benzene rings is 1. The summed E-state index contributed by atoms with van der Waals surface area (Å²) in [6.45, 7) is 0. The lowest BCUT2D eigenvalue weighted by Gasteiger charge is -2.39. The van der Waals surface area contributed by atoms with Crippen molar-refractivity contribution >= 4 is 23.2 Å². The van der Waals surface area contributed by atoms with Crippen LogP contribution in [0.4, 0.5) is 0 Å². The molecule has 1 saturated carbocycles. The monoisotopic (exact) mass is 353 g/mol. The molecule has 5 heteroatoms. The number of hydrogen-bond acceptors (Lipinski definition) is 4. The molecule has 0 aliphatic heterocycles. The number of methoxy groups -OCH3 is 1. The number of carbonyl (C=O) groups is 2. The summed E-state index contributed by atoms with van der Waals surface area (Å²) in [6, 6.07) is 13.0. The Bertz CT molecular complexity index is 815. The number of amides is 1. The third kappa shape index (κ3) is 2.42. The van der Waals surface area contributed by atoms with E-state index in [0.29, 0.717) is 5.56 Å². The highest BCUT2D eigenvalue weighted by Crippen LogP contribution is 2.56. The van der Waals surface area contributed by atoms with Crippen LogP contribution in [-0.4, -0.2) is 24.5 Å². The number of allylic oxidation sites excluding steroid dienone is 1. The molecule has 0 radical (unpaired) electrons. The maximum absolute atomic E-state index is 12.9. The average molecular weight is 353 g/mol. The van der Waals surface area contributed by atoms with Crippen molar-refractivity contribution in [2.75, 3.05) is 7.11 Å². The highest BCUT2D eigenvalue weighted by atomic mass is 32.1. The molecule has 1 fully saturated rings. The Morgan fingerprint density at radius 3 is 2.64 bits per heavy atom. The highest BCUT2D eigenvalue weighted by Gasteiger charge is 2.63. The van der Waals surface area contributed by atoms with Crippen LogP contribution < -0.4 is 5.32 Å². The van der Waals surface area contributed by atoms with Gasteiger partial charge < -0.3 is 10.1 Å². The number of hydrogen-bond donors (Lipinski definition) is 1. The van der Waals surface area contributed by atoms with Gasteiger partial charge in [-0.1, -0.05) is 36.4 Å². The number of rotatable bonds is 4. The fourth-order valence-electron chi connectivity index (χ4n) is 4.30. The van der Waals surface area contributed by atoms with Gasteiger partial charge in [-0.05, 0) is 35.9 Å². The van der Waals surface area contributed by atoms with Crippen LogP contribution in [0.25, 0.3) is 0 Å². The molecule has 128 valence electrons. The number of thiophene rings is 1. The van der Waals surface area contributed by atoms with Gasteiger partial charge in [-0.3, -0.25) is 4.79 Å². The van der Waals surface area contributed by atoms with Gasteiger partial charge in [0.15, 0.2) is 5.54 Å². The van der Waals surface area contributed by atoms with E-state index in [9.17, 15) is 9.59 Å². The molecule has 1 amide bonds. The van der Waals surface area contributed by atoms with Crippen molar-refractivity contribution in [3.8, 4) is 0 Å². The van der Waals surface area contributed by atoms with E-state index in [1.54, 1.807) is 23.5 Å². The first kappa shape index (κ1) is 16.1. The molecule has 4 nitrogen and oxygen atoms in total. The average Bonchev–Trinajstić information content (AvgIpc) is 3.38. The standard InChI is InChI=1S/C20H19NO3S/c1-24-19(23)20(21-18(22)13-6-3-2-4-7-13)15-10-9-14(12-15)17(20)16-8-5-11-25-16/h2-11,14-15,17H,12H2,1H3,(H,21,22)/t14-,15+,17+,20+/m1/s1. The number of esters is 1. The van der Waals surface area contributed by atoms with E-state index >= 15 is 0 Å². The van der Waals surface area contributed by atoms with Crippen LogP contribution in [0.3, 0.4) is 0 Å². The lowest BCUT2D eigenvalue weighted by atomic mass is 9.74. The molecule has 4 atom stereocenters. The lowest BCUT2D eigenvalue weighted by Crippen LogP contribution is -2.61. The molecule has 25 heavy (non-hydrogen) atoms. The van der Waals surface area contributed by atoms with Crippen LogP contribution in [0.1, 0.15) is 27.6 Å². The van der Waals surface area contributed by atoms with Crippen LogP contribution in [0.2, 0.25) is 0 Å². The van der Waals surface area contributed by atoms with E-state index in [1.807, 2.05) is 35.7 Å². The van der Waals surface area contributed by atoms with Crippen LogP contribution in [0.15, 0.2) is 60.0 Å². The first-order valence-electron chi connectivity index (χ1n) is 8.34. The van der Waals surface area contributed by atoms with Crippen molar-refractivity contribution in [1.29, 1.82) is 0 Å². The van der Waals surface area contributed by atoms with Gasteiger partial charge in [0.05, 0.1) is 7.11 Å². The number of fused-ring (bicyclic) bond motifs is 2. The predicted molar refractivity (Wildman–Crippen MR) is 96.5 cm³/mol. The normalized spacial score (nSPS) is 29.6. The summed E-state index contributed by atoms with van der Waals surface area (Å²) in [6.07, 6.45) is 5.08. The van der Waals surface area contributed by atoms with E-state index in [1.165, 1.54) is 7.11 Å². The summed E-state index contributed by atoms with van der Waals surface area (Å²) in [5.41, 5.74) is -0.506. The molecule has 2 bridgehead atoms. The molecule has 2 aliphatic rings. The Labute approximate surface area is 150 Å². The zero-order valence-electron chi connectivity index (χ0n) is 13.8. The summed E-state index contributed by atoms with van der Waals surface area (Å²) >= 11 is 1.62. The summed E-state index contributed by atoms with van der Waals surface area (Å²) in [4.78, 5) is 26.9. The van der Waals surface area contributed by atoms with Gasteiger partial charge >= 0.3 is 5.97 Å². The van der Waals surface area contributed by atoms with Crippen LogP contribution in [-0.2, 0) is 9.53 Å². The maximum atomic E-state index is 12.9. The van der Waals surface area contributed by atoms with Gasteiger partial charge in [0.2, 0.25) is 0 Å². The van der Waals surface area contributed by atoms with E-state index in [0.717, 1.165) is 11.3 Å². The van der Waals surface area contributed by atoms with E-state index < -0.39 is 5.54 Å². The Kier molecular flexibility index (Phi) is 3.96. The smallest absolute Gasteiger partial charge is 0.332 e. The van der Waals surface area contributed by atoms with Gasteiger partial charge in [0.25, 0.3) is 5.91 Å².